The number of ether oxygens (including phenoxy) is 1. The van der Waals surface area contributed by atoms with Crippen molar-refractivity contribution in [1.82, 2.24) is 0 Å². The summed E-state index contributed by atoms with van der Waals surface area (Å²) in [6.45, 7) is 9.35. The molecule has 1 atom stereocenters. The standard InChI is InChI=1S/C13H19NO2/c1-5-8-11(4)13(10-14,9-6-2)12(15)16-7-3/h6,8H,2,5,7,9H2,1,3-4H3. The zero-order chi connectivity index (χ0) is 12.6. The normalized spacial score (nSPS) is 14.8. The van der Waals surface area contributed by atoms with Crippen molar-refractivity contribution in [2.45, 2.75) is 33.6 Å². The molecule has 0 bridgehead atoms. The molecule has 0 aliphatic carbocycles. The third-order valence-electron chi connectivity index (χ3n) is 2.45. The van der Waals surface area contributed by atoms with E-state index in [4.69, 9.17) is 4.74 Å². The van der Waals surface area contributed by atoms with Crippen molar-refractivity contribution in [3.05, 3.63) is 24.3 Å². The maximum atomic E-state index is 11.9. The predicted octanol–water partition coefficient (Wildman–Crippen LogP) is 2.99. The first-order valence-corrected chi connectivity index (χ1v) is 5.45. The Bertz CT molecular complexity index is 325. The molecule has 3 nitrogen and oxygen atoms in total. The van der Waals surface area contributed by atoms with E-state index >= 15 is 0 Å². The minimum absolute atomic E-state index is 0.277. The molecular weight excluding hydrogens is 202 g/mol. The lowest BCUT2D eigenvalue weighted by Gasteiger charge is -2.24. The average Bonchev–Trinajstić information content (AvgIpc) is 2.26. The molecule has 0 aromatic rings. The summed E-state index contributed by atoms with van der Waals surface area (Å²) >= 11 is 0. The van der Waals surface area contributed by atoms with E-state index in [2.05, 4.69) is 12.6 Å². The van der Waals surface area contributed by atoms with Gasteiger partial charge in [-0.3, -0.25) is 0 Å². The first kappa shape index (κ1) is 14.4. The highest BCUT2D eigenvalue weighted by Gasteiger charge is 2.40. The smallest absolute Gasteiger partial charge is 0.331 e. The Morgan fingerprint density at radius 1 is 1.56 bits per heavy atom. The van der Waals surface area contributed by atoms with Crippen molar-refractivity contribution in [2.75, 3.05) is 6.61 Å². The van der Waals surface area contributed by atoms with E-state index in [1.54, 1.807) is 19.9 Å². The molecule has 16 heavy (non-hydrogen) atoms. The highest BCUT2D eigenvalue weighted by molar-refractivity contribution is 5.84. The molecule has 0 N–H and O–H groups in total. The fourth-order valence-electron chi connectivity index (χ4n) is 1.54. The topological polar surface area (TPSA) is 50.1 Å². The molecule has 0 aliphatic rings. The Labute approximate surface area is 97.4 Å². The fourth-order valence-corrected chi connectivity index (χ4v) is 1.54. The molecule has 3 heteroatoms. The predicted molar refractivity (Wildman–Crippen MR) is 63.5 cm³/mol. The molecule has 0 radical (unpaired) electrons. The van der Waals surface area contributed by atoms with Gasteiger partial charge in [-0.1, -0.05) is 19.1 Å². The zero-order valence-electron chi connectivity index (χ0n) is 10.2. The average molecular weight is 221 g/mol. The Kier molecular flexibility index (Phi) is 6.17. The second-order valence-corrected chi connectivity index (χ2v) is 3.53. The van der Waals surface area contributed by atoms with E-state index in [-0.39, 0.29) is 13.0 Å². The van der Waals surface area contributed by atoms with Gasteiger partial charge in [0.15, 0.2) is 5.41 Å². The van der Waals surface area contributed by atoms with Gasteiger partial charge in [0, 0.05) is 0 Å². The number of nitrogens with zero attached hydrogens (tertiary/aromatic N) is 1. The zero-order valence-corrected chi connectivity index (χ0v) is 10.2. The van der Waals surface area contributed by atoms with Crippen LogP contribution in [-0.2, 0) is 9.53 Å². The third-order valence-corrected chi connectivity index (χ3v) is 2.45. The molecule has 0 aromatic carbocycles. The fraction of sp³-hybridized carbons (Fsp3) is 0.538. The summed E-state index contributed by atoms with van der Waals surface area (Å²) < 4.78 is 4.97. The van der Waals surface area contributed by atoms with E-state index in [0.717, 1.165) is 12.0 Å². The summed E-state index contributed by atoms with van der Waals surface area (Å²) in [6, 6.07) is 2.07. The van der Waals surface area contributed by atoms with Crippen LogP contribution in [0.4, 0.5) is 0 Å². The molecular formula is C13H19NO2. The number of carbonyl (C=O) groups is 1. The van der Waals surface area contributed by atoms with Crippen LogP contribution in [0.5, 0.6) is 0 Å². The van der Waals surface area contributed by atoms with Gasteiger partial charge in [-0.25, -0.2) is 4.79 Å². The van der Waals surface area contributed by atoms with Crippen LogP contribution < -0.4 is 0 Å². The van der Waals surface area contributed by atoms with Crippen LogP contribution >= 0.6 is 0 Å². The van der Waals surface area contributed by atoms with Gasteiger partial charge in [-0.15, -0.1) is 6.58 Å². The summed E-state index contributed by atoms with van der Waals surface area (Å²) in [4.78, 5) is 11.9. The van der Waals surface area contributed by atoms with Crippen LogP contribution in [-0.4, -0.2) is 12.6 Å². The summed E-state index contributed by atoms with van der Waals surface area (Å²) in [5.41, 5.74) is -0.468. The molecule has 0 spiro atoms. The van der Waals surface area contributed by atoms with Gasteiger partial charge in [0.25, 0.3) is 0 Å². The van der Waals surface area contributed by atoms with Crippen LogP contribution in [0.3, 0.4) is 0 Å². The molecule has 0 saturated carbocycles. The lowest BCUT2D eigenvalue weighted by Crippen LogP contribution is -2.32. The molecule has 0 rings (SSSR count). The Morgan fingerprint density at radius 2 is 2.19 bits per heavy atom. The van der Waals surface area contributed by atoms with Crippen molar-refractivity contribution in [2.24, 2.45) is 5.41 Å². The molecule has 0 aromatic heterocycles. The van der Waals surface area contributed by atoms with Gasteiger partial charge >= 0.3 is 5.97 Å². The quantitative estimate of drug-likeness (QED) is 0.511. The maximum absolute atomic E-state index is 11.9. The first-order valence-electron chi connectivity index (χ1n) is 5.45. The molecule has 0 saturated heterocycles. The third kappa shape index (κ3) is 2.96. The lowest BCUT2D eigenvalue weighted by atomic mass is 9.78. The van der Waals surface area contributed by atoms with Gasteiger partial charge in [-0.2, -0.15) is 5.26 Å². The van der Waals surface area contributed by atoms with E-state index in [9.17, 15) is 10.1 Å². The lowest BCUT2D eigenvalue weighted by molar-refractivity contribution is -0.149. The van der Waals surface area contributed by atoms with Crippen molar-refractivity contribution in [3.8, 4) is 6.07 Å². The summed E-state index contributed by atoms with van der Waals surface area (Å²) in [5.74, 6) is -0.486. The van der Waals surface area contributed by atoms with Crippen molar-refractivity contribution < 1.29 is 9.53 Å². The van der Waals surface area contributed by atoms with Gasteiger partial charge in [0.05, 0.1) is 12.7 Å². The highest BCUT2D eigenvalue weighted by Crippen LogP contribution is 2.33. The largest absolute Gasteiger partial charge is 0.465 e. The van der Waals surface area contributed by atoms with Crippen LogP contribution in [0, 0.1) is 16.7 Å². The molecule has 0 aliphatic heterocycles. The number of esters is 1. The Morgan fingerprint density at radius 3 is 2.56 bits per heavy atom. The molecule has 1 unspecified atom stereocenters. The summed E-state index contributed by atoms with van der Waals surface area (Å²) in [5, 5.41) is 9.26. The van der Waals surface area contributed by atoms with E-state index in [0.29, 0.717) is 0 Å². The highest BCUT2D eigenvalue weighted by atomic mass is 16.5. The number of nitriles is 1. The Balaban J connectivity index is 5.32. The van der Waals surface area contributed by atoms with Crippen LogP contribution in [0.1, 0.15) is 33.6 Å². The SMILES string of the molecule is C=CCC(C#N)(C(=O)OCC)C(C)=CCC. The molecule has 0 fully saturated rings. The second-order valence-electron chi connectivity index (χ2n) is 3.53. The van der Waals surface area contributed by atoms with Gasteiger partial charge in [0.1, 0.15) is 0 Å². The number of carbonyl (C=O) groups excluding carboxylic acids is 1. The minimum atomic E-state index is -1.20. The number of allylic oxidation sites excluding steroid dienone is 2. The molecule has 0 heterocycles. The van der Waals surface area contributed by atoms with Crippen molar-refractivity contribution in [3.63, 3.8) is 0 Å². The van der Waals surface area contributed by atoms with Crippen LogP contribution in [0.15, 0.2) is 24.3 Å². The van der Waals surface area contributed by atoms with E-state index < -0.39 is 11.4 Å². The Hall–Kier alpha value is -1.56. The van der Waals surface area contributed by atoms with Crippen molar-refractivity contribution >= 4 is 5.97 Å². The van der Waals surface area contributed by atoms with Crippen LogP contribution in [0.25, 0.3) is 0 Å². The van der Waals surface area contributed by atoms with E-state index in [1.807, 2.05) is 13.0 Å². The number of hydrogen-bond acceptors (Lipinski definition) is 3. The monoisotopic (exact) mass is 221 g/mol. The van der Waals surface area contributed by atoms with Gasteiger partial charge in [-0.05, 0) is 32.3 Å². The minimum Gasteiger partial charge on any atom is -0.465 e. The van der Waals surface area contributed by atoms with Gasteiger partial charge < -0.3 is 4.74 Å². The molecule has 88 valence electrons. The van der Waals surface area contributed by atoms with E-state index in [1.165, 1.54) is 0 Å². The first-order chi connectivity index (χ1) is 7.58. The number of rotatable bonds is 6. The molecule has 0 amide bonds. The summed E-state index contributed by atoms with van der Waals surface area (Å²) in [6.07, 6.45) is 4.52. The van der Waals surface area contributed by atoms with Crippen molar-refractivity contribution in [1.29, 1.82) is 5.26 Å². The summed E-state index contributed by atoms with van der Waals surface area (Å²) in [7, 11) is 0. The van der Waals surface area contributed by atoms with Gasteiger partial charge in [0.2, 0.25) is 0 Å². The van der Waals surface area contributed by atoms with Crippen LogP contribution in [0.2, 0.25) is 0 Å². The number of hydrogen-bond donors (Lipinski definition) is 0. The maximum Gasteiger partial charge on any atom is 0.331 e. The second kappa shape index (κ2) is 6.84.